The molecule has 290 valence electrons. The van der Waals surface area contributed by atoms with E-state index in [4.69, 9.17) is 32.8 Å². The quantitative estimate of drug-likeness (QED) is 0.114. The number of hydrogen-bond donors (Lipinski definition) is 0. The highest BCUT2D eigenvalue weighted by atomic mass is 16.6. The molecule has 2 saturated carbocycles. The Morgan fingerprint density at radius 2 is 1.49 bits per heavy atom. The van der Waals surface area contributed by atoms with Gasteiger partial charge in [-0.1, -0.05) is 38.5 Å². The average Bonchev–Trinajstić information content (AvgIpc) is 3.84. The molecule has 2 heterocycles. The molecule has 0 spiro atoms. The van der Waals surface area contributed by atoms with Gasteiger partial charge < -0.3 is 32.8 Å². The fraction of sp³-hybridized carbons (Fsp3) is 0.634. The predicted octanol–water partition coefficient (Wildman–Crippen LogP) is 6.33. The Kier molecular flexibility index (Phi) is 11.3. The summed E-state index contributed by atoms with van der Waals surface area (Å²) >= 11 is 0. The minimum Gasteiger partial charge on any atom is -0.472 e. The van der Waals surface area contributed by atoms with E-state index < -0.39 is 88.4 Å². The Morgan fingerprint density at radius 3 is 2.04 bits per heavy atom. The van der Waals surface area contributed by atoms with Crippen molar-refractivity contribution in [3.8, 4) is 0 Å². The van der Waals surface area contributed by atoms with E-state index in [2.05, 4.69) is 0 Å². The Labute approximate surface area is 311 Å². The summed E-state index contributed by atoms with van der Waals surface area (Å²) in [6, 6.07) is 1.86. The van der Waals surface area contributed by atoms with Gasteiger partial charge >= 0.3 is 29.8 Å². The van der Waals surface area contributed by atoms with Gasteiger partial charge in [0.1, 0.15) is 24.4 Å². The summed E-state index contributed by atoms with van der Waals surface area (Å²) in [5.74, 6) is -4.22. The summed E-state index contributed by atoms with van der Waals surface area (Å²) in [7, 11) is 1.31. The molecule has 0 bridgehead atoms. The van der Waals surface area contributed by atoms with Gasteiger partial charge in [0.25, 0.3) is 0 Å². The molecule has 5 rings (SSSR count). The SMILES string of the molecule is C/C=C(\C)C(=O)O[C@@H]1[C@@H]2OC[C@@]3(C)C2[C@](C)([C@@H](OC(=O)/C(C)=C/C)C[C@H]3OC(C)=O)[C@@H](CC(=O)OC)[C@]1(C)C1=C(C)[C@H](c2ccoc2)C[C@@H]1OC(C)=O. The number of carbonyl (C=O) groups excluding carboxylic acids is 5. The molecule has 12 heteroatoms. The number of carbonyl (C=O) groups is 5. The Bertz CT molecular complexity index is 1720. The highest BCUT2D eigenvalue weighted by molar-refractivity contribution is 5.88. The fourth-order valence-electron chi connectivity index (χ4n) is 10.3. The molecule has 3 fully saturated rings. The van der Waals surface area contributed by atoms with Crippen molar-refractivity contribution in [1.29, 1.82) is 0 Å². The highest BCUT2D eigenvalue weighted by Crippen LogP contribution is 2.72. The molecule has 1 aliphatic heterocycles. The van der Waals surface area contributed by atoms with Crippen LogP contribution in [0.5, 0.6) is 0 Å². The van der Waals surface area contributed by atoms with Crippen molar-refractivity contribution >= 4 is 29.8 Å². The van der Waals surface area contributed by atoms with Crippen molar-refractivity contribution in [2.24, 2.45) is 28.1 Å². The summed E-state index contributed by atoms with van der Waals surface area (Å²) in [6.45, 7) is 17.5. The fourth-order valence-corrected chi connectivity index (χ4v) is 10.3. The lowest BCUT2D eigenvalue weighted by molar-refractivity contribution is -0.260. The lowest BCUT2D eigenvalue weighted by atomic mass is 9.39. The molecular formula is C41H54O12. The van der Waals surface area contributed by atoms with Crippen LogP contribution < -0.4 is 0 Å². The summed E-state index contributed by atoms with van der Waals surface area (Å²) in [4.78, 5) is 66.8. The molecule has 1 aromatic rings. The molecule has 0 N–H and O–H groups in total. The second-order valence-electron chi connectivity index (χ2n) is 15.8. The summed E-state index contributed by atoms with van der Waals surface area (Å²) in [5.41, 5.74) is -0.0318. The molecule has 0 amide bonds. The van der Waals surface area contributed by atoms with Crippen LogP contribution in [0.25, 0.3) is 0 Å². The summed E-state index contributed by atoms with van der Waals surface area (Å²) in [6.07, 6.45) is 2.59. The third-order valence-corrected chi connectivity index (χ3v) is 13.0. The maximum Gasteiger partial charge on any atom is 0.333 e. The van der Waals surface area contributed by atoms with Gasteiger partial charge in [-0.25, -0.2) is 9.59 Å². The topological polar surface area (TPSA) is 154 Å². The van der Waals surface area contributed by atoms with Crippen LogP contribution in [0, 0.1) is 28.1 Å². The highest BCUT2D eigenvalue weighted by Gasteiger charge is 2.77. The lowest BCUT2D eigenvalue weighted by Gasteiger charge is -2.66. The maximum absolute atomic E-state index is 13.9. The predicted molar refractivity (Wildman–Crippen MR) is 191 cm³/mol. The van der Waals surface area contributed by atoms with E-state index >= 15 is 0 Å². The minimum atomic E-state index is -1.28. The van der Waals surface area contributed by atoms with Crippen molar-refractivity contribution in [2.75, 3.05) is 13.7 Å². The van der Waals surface area contributed by atoms with Gasteiger partial charge in [-0.15, -0.1) is 0 Å². The van der Waals surface area contributed by atoms with Crippen LogP contribution in [0.4, 0.5) is 0 Å². The number of rotatable bonds is 10. The molecule has 3 aliphatic carbocycles. The molecule has 12 nitrogen and oxygen atoms in total. The van der Waals surface area contributed by atoms with E-state index in [9.17, 15) is 24.0 Å². The van der Waals surface area contributed by atoms with Crippen LogP contribution in [0.15, 0.2) is 57.5 Å². The standard InChI is InChI=1S/C41H54O12/c1-12-21(3)37(45)52-31-18-30(51-25(7)43)39(8)20-49-34-35(39)40(31,9)29(17-32(44)47-11)41(10,36(34)53-38(46)22(4)13-2)33-23(5)27(26-14-15-48-19-26)16-28(33)50-24(6)42/h12-15,19,27-31,34-36H,16-18,20H2,1-11H3/b21-12+,22-13+/t27-,28+,29-,30-,31+,34-,35?,36-,39-,40+,41-/m1/s1. The van der Waals surface area contributed by atoms with Crippen LogP contribution >= 0.6 is 0 Å². The smallest absolute Gasteiger partial charge is 0.333 e. The Balaban J connectivity index is 1.87. The van der Waals surface area contributed by atoms with E-state index in [1.165, 1.54) is 21.0 Å². The van der Waals surface area contributed by atoms with Gasteiger partial charge in [-0.3, -0.25) is 14.4 Å². The van der Waals surface area contributed by atoms with Crippen LogP contribution in [0.2, 0.25) is 0 Å². The zero-order valence-corrected chi connectivity index (χ0v) is 32.7. The second-order valence-corrected chi connectivity index (χ2v) is 15.8. The summed E-state index contributed by atoms with van der Waals surface area (Å²) in [5, 5.41) is 0. The molecule has 11 atom stereocenters. The van der Waals surface area contributed by atoms with Crippen molar-refractivity contribution in [3.63, 3.8) is 0 Å². The molecular weight excluding hydrogens is 684 g/mol. The zero-order chi connectivity index (χ0) is 39.2. The number of furan rings is 1. The minimum absolute atomic E-state index is 0.126. The molecule has 0 radical (unpaired) electrons. The largest absolute Gasteiger partial charge is 0.472 e. The first-order chi connectivity index (χ1) is 24.9. The van der Waals surface area contributed by atoms with Crippen molar-refractivity contribution < 1.29 is 56.8 Å². The van der Waals surface area contributed by atoms with E-state index in [-0.39, 0.29) is 25.4 Å². The Hall–Kier alpha value is -4.19. The number of ether oxygens (including phenoxy) is 6. The maximum atomic E-state index is 13.9. The van der Waals surface area contributed by atoms with Gasteiger partial charge in [-0.05, 0) is 64.2 Å². The molecule has 1 aromatic heterocycles. The first-order valence-electron chi connectivity index (χ1n) is 18.3. The molecule has 1 saturated heterocycles. The number of allylic oxidation sites excluding steroid dienone is 3. The third kappa shape index (κ3) is 6.65. The third-order valence-electron chi connectivity index (χ3n) is 13.0. The normalized spacial score (nSPS) is 36.7. The van der Waals surface area contributed by atoms with E-state index in [0.717, 1.165) is 11.1 Å². The number of hydrogen-bond acceptors (Lipinski definition) is 12. The van der Waals surface area contributed by atoms with Crippen LogP contribution in [0.1, 0.15) is 100.0 Å². The van der Waals surface area contributed by atoms with Crippen LogP contribution in [-0.2, 0) is 52.4 Å². The van der Waals surface area contributed by atoms with E-state index in [0.29, 0.717) is 23.1 Å². The van der Waals surface area contributed by atoms with Crippen molar-refractivity contribution in [1.82, 2.24) is 0 Å². The van der Waals surface area contributed by atoms with Gasteiger partial charge in [0, 0.05) is 65.9 Å². The van der Waals surface area contributed by atoms with Gasteiger partial charge in [0.05, 0.1) is 32.3 Å². The monoisotopic (exact) mass is 738 g/mol. The van der Waals surface area contributed by atoms with Gasteiger partial charge in [-0.2, -0.15) is 0 Å². The molecule has 53 heavy (non-hydrogen) atoms. The molecule has 4 aliphatic rings. The lowest BCUT2D eigenvalue weighted by Crippen LogP contribution is -2.72. The first-order valence-corrected chi connectivity index (χ1v) is 18.3. The average molecular weight is 739 g/mol. The van der Waals surface area contributed by atoms with E-state index in [1.807, 2.05) is 33.8 Å². The first kappa shape index (κ1) is 40.0. The number of esters is 5. The van der Waals surface area contributed by atoms with Crippen LogP contribution in [-0.4, -0.2) is 74.1 Å². The van der Waals surface area contributed by atoms with E-state index in [1.54, 1.807) is 52.4 Å². The number of methoxy groups -OCH3 is 1. The van der Waals surface area contributed by atoms with Gasteiger partial charge in [0.2, 0.25) is 0 Å². The summed E-state index contributed by atoms with van der Waals surface area (Å²) < 4.78 is 42.8. The Morgan fingerprint density at radius 1 is 0.868 bits per heavy atom. The van der Waals surface area contributed by atoms with Gasteiger partial charge in [0.15, 0.2) is 0 Å². The van der Waals surface area contributed by atoms with Crippen LogP contribution in [0.3, 0.4) is 0 Å². The van der Waals surface area contributed by atoms with Crippen molar-refractivity contribution in [2.45, 2.75) is 125 Å². The zero-order valence-electron chi connectivity index (χ0n) is 32.7. The molecule has 0 aromatic carbocycles. The van der Waals surface area contributed by atoms with Crippen molar-refractivity contribution in [3.05, 3.63) is 58.6 Å². The molecule has 1 unspecified atom stereocenters. The second kappa shape index (κ2) is 14.9.